The van der Waals surface area contributed by atoms with E-state index in [2.05, 4.69) is 10.6 Å². The van der Waals surface area contributed by atoms with Crippen molar-refractivity contribution < 1.29 is 14.4 Å². The first-order chi connectivity index (χ1) is 7.90. The second-order valence-electron chi connectivity index (χ2n) is 3.49. The highest BCUT2D eigenvalue weighted by Gasteiger charge is 2.10. The van der Waals surface area contributed by atoms with Crippen molar-refractivity contribution in [1.29, 1.82) is 0 Å². The lowest BCUT2D eigenvalue weighted by molar-refractivity contribution is -0.115. The smallest absolute Gasteiger partial charge is 0.250 e. The van der Waals surface area contributed by atoms with Gasteiger partial charge in [0, 0.05) is 19.5 Å². The number of anilines is 2. The first-order valence-corrected chi connectivity index (χ1v) is 4.89. The minimum absolute atomic E-state index is 0.189. The van der Waals surface area contributed by atoms with Crippen LogP contribution in [0.3, 0.4) is 0 Å². The van der Waals surface area contributed by atoms with Crippen molar-refractivity contribution in [1.82, 2.24) is 0 Å². The second-order valence-corrected chi connectivity index (χ2v) is 3.49. The van der Waals surface area contributed by atoms with Gasteiger partial charge in [-0.25, -0.2) is 0 Å². The normalized spacial score (nSPS) is 9.53. The minimum atomic E-state index is -0.650. The van der Waals surface area contributed by atoms with Gasteiger partial charge in [0.2, 0.25) is 11.8 Å². The number of carbonyl (C=O) groups is 3. The molecule has 0 radical (unpaired) electrons. The van der Waals surface area contributed by atoms with E-state index in [0.29, 0.717) is 5.69 Å². The highest BCUT2D eigenvalue weighted by molar-refractivity contribution is 6.03. The fourth-order valence-corrected chi connectivity index (χ4v) is 1.33. The van der Waals surface area contributed by atoms with Crippen molar-refractivity contribution in [3.63, 3.8) is 0 Å². The van der Waals surface area contributed by atoms with Crippen LogP contribution in [0.15, 0.2) is 18.2 Å². The molecule has 0 aromatic heterocycles. The monoisotopic (exact) mass is 235 g/mol. The van der Waals surface area contributed by atoms with E-state index in [1.807, 2.05) is 0 Å². The quantitative estimate of drug-likeness (QED) is 0.718. The standard InChI is InChI=1S/C11H13N3O3/c1-6(15)13-8-3-4-9(11(12)17)10(5-8)14-7(2)16/h3-5H,1-2H3,(H2,12,17)(H,13,15)(H,14,16). The minimum Gasteiger partial charge on any atom is -0.366 e. The number of hydrogen-bond acceptors (Lipinski definition) is 3. The largest absolute Gasteiger partial charge is 0.366 e. The molecule has 0 saturated carbocycles. The summed E-state index contributed by atoms with van der Waals surface area (Å²) < 4.78 is 0. The molecule has 0 bridgehead atoms. The maximum Gasteiger partial charge on any atom is 0.250 e. The fraction of sp³-hybridized carbons (Fsp3) is 0.182. The van der Waals surface area contributed by atoms with Gasteiger partial charge in [0.15, 0.2) is 0 Å². The summed E-state index contributed by atoms with van der Waals surface area (Å²) >= 11 is 0. The summed E-state index contributed by atoms with van der Waals surface area (Å²) in [5, 5.41) is 5.02. The van der Waals surface area contributed by atoms with E-state index in [9.17, 15) is 14.4 Å². The van der Waals surface area contributed by atoms with Gasteiger partial charge in [0.1, 0.15) is 0 Å². The lowest BCUT2D eigenvalue weighted by Gasteiger charge is -2.10. The van der Waals surface area contributed by atoms with Crippen LogP contribution in [0.4, 0.5) is 11.4 Å². The van der Waals surface area contributed by atoms with Gasteiger partial charge < -0.3 is 16.4 Å². The molecule has 6 heteroatoms. The molecule has 0 fully saturated rings. The molecule has 0 spiro atoms. The first kappa shape index (κ1) is 12.7. The van der Waals surface area contributed by atoms with E-state index in [1.165, 1.54) is 32.0 Å². The Morgan fingerprint density at radius 1 is 1.06 bits per heavy atom. The molecule has 1 aromatic carbocycles. The van der Waals surface area contributed by atoms with E-state index in [-0.39, 0.29) is 23.1 Å². The van der Waals surface area contributed by atoms with Crippen LogP contribution in [0, 0.1) is 0 Å². The van der Waals surface area contributed by atoms with Crippen molar-refractivity contribution in [2.75, 3.05) is 10.6 Å². The topological polar surface area (TPSA) is 101 Å². The Kier molecular flexibility index (Phi) is 3.82. The third-order valence-corrected chi connectivity index (χ3v) is 1.92. The molecule has 0 aliphatic carbocycles. The molecule has 0 unspecified atom stereocenters. The SMILES string of the molecule is CC(=O)Nc1ccc(C(N)=O)c(NC(C)=O)c1. The average Bonchev–Trinajstić information content (AvgIpc) is 2.15. The molecule has 6 nitrogen and oxygen atoms in total. The zero-order valence-electron chi connectivity index (χ0n) is 9.53. The van der Waals surface area contributed by atoms with Gasteiger partial charge in [-0.2, -0.15) is 0 Å². The highest BCUT2D eigenvalue weighted by atomic mass is 16.2. The lowest BCUT2D eigenvalue weighted by Crippen LogP contribution is -2.17. The number of rotatable bonds is 3. The molecule has 0 atom stereocenters. The van der Waals surface area contributed by atoms with Gasteiger partial charge in [0.25, 0.3) is 5.91 Å². The molecular weight excluding hydrogens is 222 g/mol. The predicted octanol–water partition coefficient (Wildman–Crippen LogP) is 0.702. The van der Waals surface area contributed by atoms with Crippen LogP contribution in [0.25, 0.3) is 0 Å². The predicted molar refractivity (Wildman–Crippen MR) is 63.6 cm³/mol. The Hall–Kier alpha value is -2.37. The molecule has 3 amide bonds. The van der Waals surface area contributed by atoms with E-state index < -0.39 is 5.91 Å². The zero-order chi connectivity index (χ0) is 13.0. The molecule has 90 valence electrons. The Bertz CT molecular complexity index is 483. The first-order valence-electron chi connectivity index (χ1n) is 4.89. The van der Waals surface area contributed by atoms with Crippen molar-refractivity contribution in [3.05, 3.63) is 23.8 Å². The third kappa shape index (κ3) is 3.60. The molecule has 0 saturated heterocycles. The number of amides is 3. The number of nitrogens with one attached hydrogen (secondary N) is 2. The Labute approximate surface area is 98.2 Å². The van der Waals surface area contributed by atoms with Gasteiger partial charge >= 0.3 is 0 Å². The van der Waals surface area contributed by atoms with E-state index >= 15 is 0 Å². The number of benzene rings is 1. The maximum atomic E-state index is 11.1. The summed E-state index contributed by atoms with van der Waals surface area (Å²) in [7, 11) is 0. The van der Waals surface area contributed by atoms with Gasteiger partial charge in [-0.15, -0.1) is 0 Å². The molecule has 0 heterocycles. The molecule has 0 aliphatic rings. The third-order valence-electron chi connectivity index (χ3n) is 1.92. The summed E-state index contributed by atoms with van der Waals surface area (Å²) in [6.07, 6.45) is 0. The van der Waals surface area contributed by atoms with Crippen molar-refractivity contribution >= 4 is 29.1 Å². The van der Waals surface area contributed by atoms with E-state index in [0.717, 1.165) is 0 Å². The average molecular weight is 235 g/mol. The van der Waals surface area contributed by atoms with Crippen LogP contribution in [-0.4, -0.2) is 17.7 Å². The van der Waals surface area contributed by atoms with Gasteiger partial charge in [-0.3, -0.25) is 14.4 Å². The molecule has 17 heavy (non-hydrogen) atoms. The van der Waals surface area contributed by atoms with Crippen LogP contribution in [0.1, 0.15) is 24.2 Å². The van der Waals surface area contributed by atoms with Crippen molar-refractivity contribution in [2.45, 2.75) is 13.8 Å². The summed E-state index contributed by atoms with van der Waals surface area (Å²) in [5.41, 5.74) is 6.11. The van der Waals surface area contributed by atoms with Crippen molar-refractivity contribution in [2.24, 2.45) is 5.73 Å². The van der Waals surface area contributed by atoms with Gasteiger partial charge in [0.05, 0.1) is 11.3 Å². The summed E-state index contributed by atoms with van der Waals surface area (Å²) in [6, 6.07) is 4.45. The van der Waals surface area contributed by atoms with Crippen LogP contribution in [0.2, 0.25) is 0 Å². The summed E-state index contributed by atoms with van der Waals surface area (Å²) in [6.45, 7) is 2.68. The molecule has 0 aliphatic heterocycles. The Balaban J connectivity index is 3.13. The molecule has 1 aromatic rings. The van der Waals surface area contributed by atoms with Gasteiger partial charge in [-0.05, 0) is 18.2 Å². The molecular formula is C11H13N3O3. The van der Waals surface area contributed by atoms with Crippen LogP contribution < -0.4 is 16.4 Å². The lowest BCUT2D eigenvalue weighted by atomic mass is 10.1. The molecule has 4 N–H and O–H groups in total. The molecule has 1 rings (SSSR count). The van der Waals surface area contributed by atoms with E-state index in [4.69, 9.17) is 5.73 Å². The number of primary amides is 1. The van der Waals surface area contributed by atoms with Crippen LogP contribution in [-0.2, 0) is 9.59 Å². The number of nitrogens with two attached hydrogens (primary N) is 1. The van der Waals surface area contributed by atoms with E-state index in [1.54, 1.807) is 0 Å². The summed E-state index contributed by atoms with van der Waals surface area (Å²) in [5.74, 6) is -1.22. The zero-order valence-corrected chi connectivity index (χ0v) is 9.53. The Morgan fingerprint density at radius 2 is 1.65 bits per heavy atom. The van der Waals surface area contributed by atoms with Crippen molar-refractivity contribution in [3.8, 4) is 0 Å². The highest BCUT2D eigenvalue weighted by Crippen LogP contribution is 2.20. The Morgan fingerprint density at radius 3 is 2.12 bits per heavy atom. The fourth-order valence-electron chi connectivity index (χ4n) is 1.33. The maximum absolute atomic E-state index is 11.1. The van der Waals surface area contributed by atoms with Gasteiger partial charge in [-0.1, -0.05) is 0 Å². The van der Waals surface area contributed by atoms with Crippen LogP contribution in [0.5, 0.6) is 0 Å². The number of carbonyl (C=O) groups excluding carboxylic acids is 3. The van der Waals surface area contributed by atoms with Crippen LogP contribution >= 0.6 is 0 Å². The summed E-state index contributed by atoms with van der Waals surface area (Å²) in [4.78, 5) is 33.0. The number of hydrogen-bond donors (Lipinski definition) is 3. The second kappa shape index (κ2) is 5.11.